The van der Waals surface area contributed by atoms with E-state index in [0.29, 0.717) is 21.0 Å². The van der Waals surface area contributed by atoms with E-state index in [1.165, 1.54) is 41.0 Å². The predicted octanol–water partition coefficient (Wildman–Crippen LogP) is 6.66. The van der Waals surface area contributed by atoms with E-state index in [1.807, 2.05) is 30.3 Å². The molecule has 2 aliphatic rings. The largest absolute Gasteiger partial charge is 0.418 e. The Morgan fingerprint density at radius 3 is 2.30 bits per heavy atom. The maximum Gasteiger partial charge on any atom is 0.418 e. The minimum Gasteiger partial charge on any atom is -0.324 e. The lowest BCUT2D eigenvalue weighted by atomic mass is 9.83. The van der Waals surface area contributed by atoms with Crippen molar-refractivity contribution in [1.82, 2.24) is 4.57 Å². The lowest BCUT2D eigenvalue weighted by molar-refractivity contribution is -0.137. The summed E-state index contributed by atoms with van der Waals surface area (Å²) >= 11 is 1.66. The van der Waals surface area contributed by atoms with Crippen LogP contribution in [0.3, 0.4) is 0 Å². The molecule has 3 heterocycles. The molecule has 232 valence electrons. The molecule has 0 aliphatic carbocycles. The second-order valence-electron chi connectivity index (χ2n) is 10.8. The summed E-state index contributed by atoms with van der Waals surface area (Å²) in [6, 6.07) is 22.3. The average Bonchev–Trinajstić information content (AvgIpc) is 3.47. The van der Waals surface area contributed by atoms with Crippen LogP contribution in [0.25, 0.3) is 10.8 Å². The van der Waals surface area contributed by atoms with Crippen LogP contribution in [0.5, 0.6) is 0 Å². The lowest BCUT2D eigenvalue weighted by Gasteiger charge is -2.30. The number of anilines is 2. The number of rotatable bonds is 5. The molecule has 1 saturated heterocycles. The highest BCUT2D eigenvalue weighted by Crippen LogP contribution is 2.54. The number of thioether (sulfide) groups is 1. The second-order valence-corrected chi connectivity index (χ2v) is 12.9. The van der Waals surface area contributed by atoms with E-state index in [9.17, 15) is 36.7 Å². The highest BCUT2D eigenvalue weighted by atomic mass is 32.2. The minimum absolute atomic E-state index is 0.255. The van der Waals surface area contributed by atoms with E-state index in [-0.39, 0.29) is 5.03 Å². The Hall–Kier alpha value is -4.75. The summed E-state index contributed by atoms with van der Waals surface area (Å²) in [5.74, 6) is -4.96. The number of nitrogens with zero attached hydrogens (tertiary/aromatic N) is 2. The monoisotopic (exact) mass is 663 g/mol. The molecule has 1 N–H and O–H groups in total. The van der Waals surface area contributed by atoms with Crippen molar-refractivity contribution < 1.29 is 31.9 Å². The van der Waals surface area contributed by atoms with Gasteiger partial charge in [-0.25, -0.2) is 9.29 Å². The first kappa shape index (κ1) is 29.9. The van der Waals surface area contributed by atoms with Crippen molar-refractivity contribution in [2.45, 2.75) is 28.9 Å². The molecule has 7 nitrogen and oxygen atoms in total. The number of carbonyl (C=O) groups is 3. The smallest absolute Gasteiger partial charge is 0.324 e. The van der Waals surface area contributed by atoms with Gasteiger partial charge in [-0.05, 0) is 41.3 Å². The molecular formula is C33H21F4N3O4S2. The Bertz CT molecular complexity index is 2100. The van der Waals surface area contributed by atoms with E-state index in [2.05, 4.69) is 5.32 Å². The molecule has 0 saturated carbocycles. The fourth-order valence-electron chi connectivity index (χ4n) is 6.10. The fraction of sp³-hybridized carbons (Fsp3) is 0.152. The topological polar surface area (TPSA) is 88.5 Å². The molecule has 7 rings (SSSR count). The number of thiazole rings is 1. The molecule has 3 atom stereocenters. The van der Waals surface area contributed by atoms with Crippen LogP contribution >= 0.6 is 23.1 Å². The van der Waals surface area contributed by atoms with Crippen molar-refractivity contribution in [3.63, 3.8) is 0 Å². The van der Waals surface area contributed by atoms with Crippen LogP contribution in [0.2, 0.25) is 0 Å². The van der Waals surface area contributed by atoms with E-state index in [4.69, 9.17) is 0 Å². The molecule has 0 spiro atoms. The van der Waals surface area contributed by atoms with Crippen molar-refractivity contribution in [2.24, 2.45) is 5.92 Å². The number of halogens is 4. The maximum absolute atomic E-state index is 14.0. The van der Waals surface area contributed by atoms with Gasteiger partial charge in [-0.1, -0.05) is 83.8 Å². The van der Waals surface area contributed by atoms with Gasteiger partial charge in [0, 0.05) is 21.9 Å². The van der Waals surface area contributed by atoms with Gasteiger partial charge in [0.2, 0.25) is 17.7 Å². The number of aromatic nitrogens is 1. The molecule has 5 aromatic rings. The quantitative estimate of drug-likeness (QED) is 0.168. The van der Waals surface area contributed by atoms with E-state index in [0.717, 1.165) is 46.0 Å². The highest BCUT2D eigenvalue weighted by Gasteiger charge is 2.57. The molecule has 13 heteroatoms. The van der Waals surface area contributed by atoms with Crippen LogP contribution < -0.4 is 15.1 Å². The van der Waals surface area contributed by atoms with Crippen LogP contribution in [-0.4, -0.2) is 27.5 Å². The number of para-hydroxylation sites is 1. The first-order valence-corrected chi connectivity index (χ1v) is 15.7. The van der Waals surface area contributed by atoms with Crippen molar-refractivity contribution in [2.75, 3.05) is 10.2 Å². The maximum atomic E-state index is 14.0. The molecule has 0 unspecified atom stereocenters. The molecule has 3 amide bonds. The Labute approximate surface area is 266 Å². The van der Waals surface area contributed by atoms with Crippen molar-refractivity contribution in [1.29, 1.82) is 0 Å². The summed E-state index contributed by atoms with van der Waals surface area (Å²) in [7, 11) is 0. The van der Waals surface area contributed by atoms with E-state index < -0.39 is 69.5 Å². The predicted molar refractivity (Wildman–Crippen MR) is 166 cm³/mol. The van der Waals surface area contributed by atoms with Crippen molar-refractivity contribution >= 4 is 63.0 Å². The number of amides is 3. The van der Waals surface area contributed by atoms with Crippen molar-refractivity contribution in [3.8, 4) is 0 Å². The van der Waals surface area contributed by atoms with Crippen LogP contribution in [0, 0.1) is 11.7 Å². The lowest BCUT2D eigenvalue weighted by Crippen LogP contribution is -2.33. The Balaban J connectivity index is 1.29. The SMILES string of the molecule is O=C(Cn1c2c(sc1=O)[C@@H](c1ccc(F)cc1)[C@@H]1C(=O)N(c3ccccc3C(F)(F)F)C(=O)[C@@H]1S2)Nc1cccc2ccccc12. The first-order chi connectivity index (χ1) is 22.0. The Morgan fingerprint density at radius 2 is 1.54 bits per heavy atom. The number of nitrogens with one attached hydrogen (secondary N) is 1. The number of hydrogen-bond donors (Lipinski definition) is 1. The van der Waals surface area contributed by atoms with Crippen LogP contribution in [0.4, 0.5) is 28.9 Å². The van der Waals surface area contributed by atoms with Gasteiger partial charge < -0.3 is 5.32 Å². The van der Waals surface area contributed by atoms with Crippen LogP contribution in [0.1, 0.15) is 21.9 Å². The molecule has 0 radical (unpaired) electrons. The molecule has 46 heavy (non-hydrogen) atoms. The van der Waals surface area contributed by atoms with E-state index in [1.54, 1.807) is 12.1 Å². The van der Waals surface area contributed by atoms with Gasteiger partial charge in [0.15, 0.2) is 0 Å². The standard InChI is InChI=1S/C33H21F4N3O4S2/c34-19-14-12-18(13-15-19)25-26-27(30(43)40(29(26)42)23-11-4-3-9-21(23)33(35,36)37)45-31-28(25)46-32(44)39(31)16-24(41)38-22-10-5-7-17-6-1-2-8-20(17)22/h1-15,25-27H,16H2,(H,38,41)/t25-,26-,27+/m0/s1. The number of carbonyl (C=O) groups excluding carboxylic acids is 3. The number of imide groups is 1. The third kappa shape index (κ3) is 4.99. The van der Waals surface area contributed by atoms with Crippen LogP contribution in [-0.2, 0) is 27.1 Å². The van der Waals surface area contributed by atoms with Gasteiger partial charge in [-0.15, -0.1) is 0 Å². The zero-order chi connectivity index (χ0) is 32.3. The van der Waals surface area contributed by atoms with Crippen LogP contribution in [0.15, 0.2) is 101 Å². The summed E-state index contributed by atoms with van der Waals surface area (Å²) in [5.41, 5.74) is -0.796. The summed E-state index contributed by atoms with van der Waals surface area (Å²) in [6.45, 7) is -0.419. The third-order valence-electron chi connectivity index (χ3n) is 8.09. The molecule has 4 aromatic carbocycles. The summed E-state index contributed by atoms with van der Waals surface area (Å²) in [4.78, 5) is 55.0. The zero-order valence-electron chi connectivity index (χ0n) is 23.5. The Kier molecular flexibility index (Phi) is 7.32. The van der Waals surface area contributed by atoms with Gasteiger partial charge in [0.25, 0.3) is 0 Å². The second kappa shape index (κ2) is 11.2. The van der Waals surface area contributed by atoms with Gasteiger partial charge in [-0.2, -0.15) is 13.2 Å². The van der Waals surface area contributed by atoms with Gasteiger partial charge >= 0.3 is 11.0 Å². The number of fused-ring (bicyclic) bond motifs is 3. The van der Waals surface area contributed by atoms with Gasteiger partial charge in [0.1, 0.15) is 17.6 Å². The number of hydrogen-bond acceptors (Lipinski definition) is 6. The Morgan fingerprint density at radius 1 is 0.848 bits per heavy atom. The molecule has 2 aliphatic heterocycles. The molecule has 1 aromatic heterocycles. The molecular weight excluding hydrogens is 643 g/mol. The third-order valence-corrected chi connectivity index (χ3v) is 10.7. The minimum atomic E-state index is -4.84. The fourth-order valence-corrected chi connectivity index (χ4v) is 8.87. The summed E-state index contributed by atoms with van der Waals surface area (Å²) in [5, 5.41) is 3.57. The number of alkyl halides is 3. The molecule has 0 bridgehead atoms. The normalized spacial score (nSPS) is 19.3. The summed E-state index contributed by atoms with van der Waals surface area (Å²) in [6.07, 6.45) is -4.84. The molecule has 1 fully saturated rings. The van der Waals surface area contributed by atoms with Crippen molar-refractivity contribution in [3.05, 3.63) is 122 Å². The van der Waals surface area contributed by atoms with Gasteiger partial charge in [0.05, 0.1) is 22.2 Å². The summed E-state index contributed by atoms with van der Waals surface area (Å²) < 4.78 is 57.1. The highest BCUT2D eigenvalue weighted by molar-refractivity contribution is 8.00. The van der Waals surface area contributed by atoms with E-state index >= 15 is 0 Å². The number of benzene rings is 4. The zero-order valence-corrected chi connectivity index (χ0v) is 25.1. The van der Waals surface area contributed by atoms with Gasteiger partial charge in [-0.3, -0.25) is 23.7 Å². The first-order valence-electron chi connectivity index (χ1n) is 14.0. The average molecular weight is 664 g/mol.